The second-order valence-electron chi connectivity index (χ2n) is 6.71. The van der Waals surface area contributed by atoms with E-state index in [1.807, 2.05) is 6.07 Å². The molecule has 0 saturated carbocycles. The molecule has 1 N–H and O–H groups in total. The molecule has 21 heavy (non-hydrogen) atoms. The van der Waals surface area contributed by atoms with Crippen molar-refractivity contribution >= 4 is 10.8 Å². The highest BCUT2D eigenvalue weighted by atomic mass is 16.3. The molecular weight excluding hydrogens is 258 g/mol. The molecule has 1 aliphatic heterocycles. The van der Waals surface area contributed by atoms with Gasteiger partial charge in [0.1, 0.15) is 0 Å². The molecule has 0 spiro atoms. The summed E-state index contributed by atoms with van der Waals surface area (Å²) in [6.07, 6.45) is 3.35. The van der Waals surface area contributed by atoms with Crippen LogP contribution < -0.4 is 0 Å². The van der Waals surface area contributed by atoms with Crippen LogP contribution in [0.2, 0.25) is 0 Å². The van der Waals surface area contributed by atoms with E-state index in [1.165, 1.54) is 30.0 Å². The van der Waals surface area contributed by atoms with Gasteiger partial charge in [0.25, 0.3) is 0 Å². The summed E-state index contributed by atoms with van der Waals surface area (Å²) in [5.41, 5.74) is 0.798. The van der Waals surface area contributed by atoms with Crippen molar-refractivity contribution in [3.8, 4) is 0 Å². The Kier molecular flexibility index (Phi) is 4.01. The molecule has 0 aliphatic carbocycles. The molecule has 0 bridgehead atoms. The van der Waals surface area contributed by atoms with Crippen LogP contribution in [0, 0.1) is 0 Å². The largest absolute Gasteiger partial charge is 0.386 e. The second-order valence-corrected chi connectivity index (χ2v) is 6.71. The first-order valence-electron chi connectivity index (χ1n) is 8.01. The summed E-state index contributed by atoms with van der Waals surface area (Å²) in [6, 6.07) is 14.6. The maximum Gasteiger partial charge on any atom is 0.0968 e. The van der Waals surface area contributed by atoms with Crippen LogP contribution in [0.1, 0.15) is 44.8 Å². The standard InChI is InChI=1S/C19H25NO/c1-19(2,20-12-6-3-7-13-20)18(21)17-11-10-15-8-4-5-9-16(15)14-17/h4-5,8-11,14,18,21H,3,6-7,12-13H2,1-2H3. The van der Waals surface area contributed by atoms with Gasteiger partial charge in [0, 0.05) is 5.54 Å². The molecule has 2 heteroatoms. The summed E-state index contributed by atoms with van der Waals surface area (Å²) in [5.74, 6) is 0. The number of nitrogens with zero attached hydrogens (tertiary/aromatic N) is 1. The monoisotopic (exact) mass is 283 g/mol. The number of aliphatic hydroxyl groups excluding tert-OH is 1. The van der Waals surface area contributed by atoms with Gasteiger partial charge in [-0.15, -0.1) is 0 Å². The quantitative estimate of drug-likeness (QED) is 0.915. The summed E-state index contributed by atoms with van der Waals surface area (Å²) < 4.78 is 0. The van der Waals surface area contributed by atoms with Crippen LogP contribution in [0.15, 0.2) is 42.5 Å². The van der Waals surface area contributed by atoms with Crippen LogP contribution in [0.3, 0.4) is 0 Å². The second kappa shape index (κ2) is 5.78. The zero-order chi connectivity index (χ0) is 14.9. The van der Waals surface area contributed by atoms with Gasteiger partial charge < -0.3 is 5.11 Å². The maximum atomic E-state index is 10.9. The molecule has 1 aliphatic rings. The van der Waals surface area contributed by atoms with Crippen molar-refractivity contribution in [1.82, 2.24) is 4.90 Å². The van der Waals surface area contributed by atoms with E-state index < -0.39 is 6.10 Å². The van der Waals surface area contributed by atoms with Crippen LogP contribution >= 0.6 is 0 Å². The van der Waals surface area contributed by atoms with Crippen molar-refractivity contribution in [3.63, 3.8) is 0 Å². The molecule has 2 aromatic carbocycles. The lowest BCUT2D eigenvalue weighted by Gasteiger charge is -2.44. The van der Waals surface area contributed by atoms with E-state index in [2.05, 4.69) is 55.1 Å². The Morgan fingerprint density at radius 3 is 2.33 bits per heavy atom. The van der Waals surface area contributed by atoms with E-state index in [4.69, 9.17) is 0 Å². The summed E-state index contributed by atoms with van der Waals surface area (Å²) in [6.45, 7) is 6.52. The first-order valence-corrected chi connectivity index (χ1v) is 8.01. The lowest BCUT2D eigenvalue weighted by atomic mass is 9.87. The van der Waals surface area contributed by atoms with Crippen molar-refractivity contribution in [2.24, 2.45) is 0 Å². The van der Waals surface area contributed by atoms with E-state index in [1.54, 1.807) is 0 Å². The van der Waals surface area contributed by atoms with Gasteiger partial charge in [-0.1, -0.05) is 42.8 Å². The molecular formula is C19H25NO. The van der Waals surface area contributed by atoms with Crippen molar-refractivity contribution in [1.29, 1.82) is 0 Å². The van der Waals surface area contributed by atoms with E-state index in [9.17, 15) is 5.11 Å². The Bertz CT molecular complexity index is 614. The van der Waals surface area contributed by atoms with Gasteiger partial charge in [0.05, 0.1) is 6.10 Å². The van der Waals surface area contributed by atoms with Crippen LogP contribution in [-0.2, 0) is 0 Å². The zero-order valence-electron chi connectivity index (χ0n) is 13.0. The lowest BCUT2D eigenvalue weighted by molar-refractivity contribution is -0.0208. The molecule has 2 nitrogen and oxygen atoms in total. The Morgan fingerprint density at radius 1 is 0.952 bits per heavy atom. The summed E-state index contributed by atoms with van der Waals surface area (Å²) in [4.78, 5) is 2.44. The minimum atomic E-state index is -0.458. The maximum absolute atomic E-state index is 10.9. The molecule has 2 aromatic rings. The third-order valence-corrected chi connectivity index (χ3v) is 4.93. The number of benzene rings is 2. The molecule has 1 atom stereocenters. The average Bonchev–Trinajstić information content (AvgIpc) is 2.54. The van der Waals surface area contributed by atoms with Crippen molar-refractivity contribution in [2.45, 2.75) is 44.8 Å². The minimum absolute atomic E-state index is 0.219. The molecule has 112 valence electrons. The number of piperidine rings is 1. The fraction of sp³-hybridized carbons (Fsp3) is 0.474. The molecule has 1 heterocycles. The Labute approximate surface area is 127 Å². The van der Waals surface area contributed by atoms with E-state index in [0.717, 1.165) is 18.7 Å². The molecule has 3 rings (SSSR count). The van der Waals surface area contributed by atoms with Gasteiger partial charge in [-0.3, -0.25) is 4.90 Å². The number of hydrogen-bond donors (Lipinski definition) is 1. The van der Waals surface area contributed by atoms with Crippen molar-refractivity contribution < 1.29 is 5.11 Å². The van der Waals surface area contributed by atoms with Crippen LogP contribution in [0.4, 0.5) is 0 Å². The van der Waals surface area contributed by atoms with Crippen molar-refractivity contribution in [3.05, 3.63) is 48.0 Å². The third kappa shape index (κ3) is 2.83. The highest BCUT2D eigenvalue weighted by Crippen LogP contribution is 2.34. The van der Waals surface area contributed by atoms with E-state index in [-0.39, 0.29) is 5.54 Å². The van der Waals surface area contributed by atoms with Gasteiger partial charge in [-0.25, -0.2) is 0 Å². The third-order valence-electron chi connectivity index (χ3n) is 4.93. The number of rotatable bonds is 3. The van der Waals surface area contributed by atoms with Crippen LogP contribution in [0.25, 0.3) is 10.8 Å². The Hall–Kier alpha value is -1.38. The van der Waals surface area contributed by atoms with Crippen molar-refractivity contribution in [2.75, 3.05) is 13.1 Å². The molecule has 1 unspecified atom stereocenters. The highest BCUT2D eigenvalue weighted by Gasteiger charge is 2.35. The SMILES string of the molecule is CC(C)(C(O)c1ccc2ccccc2c1)N1CCCCC1. The predicted molar refractivity (Wildman–Crippen MR) is 88.4 cm³/mol. The summed E-state index contributed by atoms with van der Waals surface area (Å²) in [5, 5.41) is 13.3. The molecule has 0 amide bonds. The molecule has 1 saturated heterocycles. The number of likely N-dealkylation sites (tertiary alicyclic amines) is 1. The van der Waals surface area contributed by atoms with Gasteiger partial charge in [0.2, 0.25) is 0 Å². The first kappa shape index (κ1) is 14.6. The van der Waals surface area contributed by atoms with Gasteiger partial charge in [-0.05, 0) is 62.2 Å². The molecule has 0 aromatic heterocycles. The fourth-order valence-electron chi connectivity index (χ4n) is 3.43. The molecule has 1 fully saturated rings. The van der Waals surface area contributed by atoms with Gasteiger partial charge in [0.15, 0.2) is 0 Å². The van der Waals surface area contributed by atoms with Crippen LogP contribution in [0.5, 0.6) is 0 Å². The van der Waals surface area contributed by atoms with Gasteiger partial charge in [-0.2, -0.15) is 0 Å². The average molecular weight is 283 g/mol. The number of aliphatic hydroxyl groups is 1. The smallest absolute Gasteiger partial charge is 0.0968 e. The molecule has 0 radical (unpaired) electrons. The predicted octanol–water partition coefficient (Wildman–Crippen LogP) is 4.14. The number of fused-ring (bicyclic) bond motifs is 1. The van der Waals surface area contributed by atoms with E-state index in [0.29, 0.717) is 0 Å². The summed E-state index contributed by atoms with van der Waals surface area (Å²) in [7, 11) is 0. The topological polar surface area (TPSA) is 23.5 Å². The first-order chi connectivity index (χ1) is 10.1. The Balaban J connectivity index is 1.89. The normalized spacial score (nSPS) is 18.8. The fourth-order valence-corrected chi connectivity index (χ4v) is 3.43. The lowest BCUT2D eigenvalue weighted by Crippen LogP contribution is -2.50. The minimum Gasteiger partial charge on any atom is -0.386 e. The zero-order valence-corrected chi connectivity index (χ0v) is 13.0. The van der Waals surface area contributed by atoms with Gasteiger partial charge >= 0.3 is 0 Å². The number of hydrogen-bond acceptors (Lipinski definition) is 2. The Morgan fingerprint density at radius 2 is 1.62 bits per heavy atom. The summed E-state index contributed by atoms with van der Waals surface area (Å²) >= 11 is 0. The van der Waals surface area contributed by atoms with Crippen LogP contribution in [-0.4, -0.2) is 28.6 Å². The highest BCUT2D eigenvalue weighted by molar-refractivity contribution is 5.83. The van der Waals surface area contributed by atoms with E-state index >= 15 is 0 Å².